The molecular formula is C22H29ClN2O4S. The highest BCUT2D eigenvalue weighted by atomic mass is 35.5. The van der Waals surface area contributed by atoms with E-state index < -0.39 is 16.1 Å². The van der Waals surface area contributed by atoms with Gasteiger partial charge in [-0.05, 0) is 43.0 Å². The van der Waals surface area contributed by atoms with Crippen LogP contribution in [-0.4, -0.2) is 33.7 Å². The van der Waals surface area contributed by atoms with Crippen LogP contribution in [0, 0.1) is 5.92 Å². The number of nitrogens with one attached hydrogen (secondary N) is 1. The van der Waals surface area contributed by atoms with Gasteiger partial charge in [-0.15, -0.1) is 0 Å². The van der Waals surface area contributed by atoms with Crippen molar-refractivity contribution in [3.05, 3.63) is 59.1 Å². The third kappa shape index (κ3) is 6.12. The maximum atomic E-state index is 13.1. The van der Waals surface area contributed by atoms with Crippen molar-refractivity contribution in [3.63, 3.8) is 0 Å². The summed E-state index contributed by atoms with van der Waals surface area (Å²) in [5.74, 6) is 0.381. The first kappa shape index (κ1) is 24.0. The predicted octanol–water partition coefficient (Wildman–Crippen LogP) is 4.41. The maximum Gasteiger partial charge on any atom is 0.244 e. The zero-order valence-electron chi connectivity index (χ0n) is 17.9. The second-order valence-corrected chi connectivity index (χ2v) is 9.92. The van der Waals surface area contributed by atoms with Gasteiger partial charge in [0.1, 0.15) is 11.8 Å². The lowest BCUT2D eigenvalue weighted by molar-refractivity contribution is -0.122. The van der Waals surface area contributed by atoms with E-state index in [9.17, 15) is 13.2 Å². The third-order valence-electron chi connectivity index (χ3n) is 4.70. The standard InChI is InChI=1S/C22H29ClN2O4S/c1-15(2)13-20(17-9-7-6-8-10-17)24-22(26)16(3)25(30(5,27)28)18-11-12-21(29-4)19(23)14-18/h6-12,14-16,20H,13H2,1-5H3,(H,24,26)/t16-,20-/m1/s1. The number of methoxy groups -OCH3 is 1. The zero-order valence-corrected chi connectivity index (χ0v) is 19.5. The minimum absolute atomic E-state index is 0.220. The number of amides is 1. The van der Waals surface area contributed by atoms with Crippen LogP contribution in [-0.2, 0) is 14.8 Å². The average molecular weight is 453 g/mol. The molecule has 2 aromatic carbocycles. The summed E-state index contributed by atoms with van der Waals surface area (Å²) in [5, 5.41) is 3.28. The van der Waals surface area contributed by atoms with Gasteiger partial charge in [-0.25, -0.2) is 8.42 Å². The molecule has 0 saturated heterocycles. The monoisotopic (exact) mass is 452 g/mol. The molecule has 1 amide bonds. The number of carbonyl (C=O) groups excluding carboxylic acids is 1. The van der Waals surface area contributed by atoms with Gasteiger partial charge in [0.2, 0.25) is 15.9 Å². The first-order valence-corrected chi connectivity index (χ1v) is 12.0. The minimum Gasteiger partial charge on any atom is -0.495 e. The van der Waals surface area contributed by atoms with Crippen molar-refractivity contribution in [1.29, 1.82) is 0 Å². The van der Waals surface area contributed by atoms with Crippen LogP contribution in [0.1, 0.15) is 38.8 Å². The molecule has 30 heavy (non-hydrogen) atoms. The fraction of sp³-hybridized carbons (Fsp3) is 0.409. The fourth-order valence-electron chi connectivity index (χ4n) is 3.33. The van der Waals surface area contributed by atoms with Gasteiger partial charge in [-0.3, -0.25) is 9.10 Å². The molecule has 0 spiro atoms. The van der Waals surface area contributed by atoms with E-state index in [1.165, 1.54) is 13.2 Å². The van der Waals surface area contributed by atoms with Crippen molar-refractivity contribution < 1.29 is 17.9 Å². The first-order valence-electron chi connectivity index (χ1n) is 9.72. The molecule has 1 N–H and O–H groups in total. The highest BCUT2D eigenvalue weighted by Crippen LogP contribution is 2.31. The number of ether oxygens (including phenoxy) is 1. The van der Waals surface area contributed by atoms with Crippen LogP contribution in [0.3, 0.4) is 0 Å². The van der Waals surface area contributed by atoms with Crippen molar-refractivity contribution in [1.82, 2.24) is 5.32 Å². The Bertz CT molecular complexity index is 964. The second-order valence-electron chi connectivity index (χ2n) is 7.66. The van der Waals surface area contributed by atoms with Gasteiger partial charge in [0.05, 0.1) is 30.1 Å². The number of hydrogen-bond donors (Lipinski definition) is 1. The molecule has 0 heterocycles. The van der Waals surface area contributed by atoms with E-state index in [2.05, 4.69) is 19.2 Å². The topological polar surface area (TPSA) is 75.7 Å². The van der Waals surface area contributed by atoms with E-state index >= 15 is 0 Å². The van der Waals surface area contributed by atoms with Crippen molar-refractivity contribution >= 4 is 33.2 Å². The molecule has 0 aromatic heterocycles. The number of carbonyl (C=O) groups is 1. The Morgan fingerprint density at radius 3 is 2.27 bits per heavy atom. The molecule has 6 nitrogen and oxygen atoms in total. The smallest absolute Gasteiger partial charge is 0.244 e. The molecule has 0 aliphatic carbocycles. The second kappa shape index (κ2) is 10.2. The summed E-state index contributed by atoms with van der Waals surface area (Å²) in [7, 11) is -2.27. The lowest BCUT2D eigenvalue weighted by Crippen LogP contribution is -2.48. The van der Waals surface area contributed by atoms with Crippen LogP contribution in [0.5, 0.6) is 5.75 Å². The molecule has 0 aliphatic rings. The summed E-state index contributed by atoms with van der Waals surface area (Å²) in [6.07, 6.45) is 1.80. The number of sulfonamides is 1. The Balaban J connectivity index is 2.34. The van der Waals surface area contributed by atoms with Gasteiger partial charge in [0.15, 0.2) is 0 Å². The molecule has 0 radical (unpaired) electrons. The molecule has 0 bridgehead atoms. The molecule has 0 saturated carbocycles. The zero-order chi connectivity index (χ0) is 22.5. The van der Waals surface area contributed by atoms with Gasteiger partial charge in [0, 0.05) is 0 Å². The normalized spacial score (nSPS) is 13.6. The molecule has 0 unspecified atom stereocenters. The number of hydrogen-bond acceptors (Lipinski definition) is 4. The van der Waals surface area contributed by atoms with E-state index in [4.69, 9.17) is 16.3 Å². The molecule has 164 valence electrons. The Kier molecular flexibility index (Phi) is 8.15. The summed E-state index contributed by atoms with van der Waals surface area (Å²) in [4.78, 5) is 13.1. The summed E-state index contributed by atoms with van der Waals surface area (Å²) in [6.45, 7) is 5.72. The first-order chi connectivity index (χ1) is 14.0. The largest absolute Gasteiger partial charge is 0.495 e. The molecule has 2 rings (SSSR count). The van der Waals surface area contributed by atoms with E-state index in [0.29, 0.717) is 17.4 Å². The minimum atomic E-state index is -3.75. The summed E-state index contributed by atoms with van der Waals surface area (Å²) in [5.41, 5.74) is 1.27. The lowest BCUT2D eigenvalue weighted by atomic mass is 9.96. The van der Waals surface area contributed by atoms with Crippen LogP contribution < -0.4 is 14.4 Å². The van der Waals surface area contributed by atoms with Crippen molar-refractivity contribution in [3.8, 4) is 5.75 Å². The number of halogens is 1. The van der Waals surface area contributed by atoms with Crippen LogP contribution in [0.25, 0.3) is 0 Å². The quantitative estimate of drug-likeness (QED) is 0.611. The highest BCUT2D eigenvalue weighted by Gasteiger charge is 2.31. The Morgan fingerprint density at radius 2 is 1.77 bits per heavy atom. The third-order valence-corrected chi connectivity index (χ3v) is 6.24. The molecular weight excluding hydrogens is 424 g/mol. The van der Waals surface area contributed by atoms with Crippen LogP contribution in [0.2, 0.25) is 5.02 Å². The van der Waals surface area contributed by atoms with E-state index in [1.807, 2.05) is 30.3 Å². The average Bonchev–Trinajstić information content (AvgIpc) is 2.67. The molecule has 0 aliphatic heterocycles. The van der Waals surface area contributed by atoms with Crippen molar-refractivity contribution in [2.75, 3.05) is 17.7 Å². The number of nitrogens with zero attached hydrogens (tertiary/aromatic N) is 1. The Labute approximate surface area is 184 Å². The summed E-state index contributed by atoms with van der Waals surface area (Å²) >= 11 is 6.18. The van der Waals surface area contributed by atoms with Gasteiger partial charge >= 0.3 is 0 Å². The van der Waals surface area contributed by atoms with Crippen LogP contribution in [0.4, 0.5) is 5.69 Å². The van der Waals surface area contributed by atoms with Gasteiger partial charge in [-0.2, -0.15) is 0 Å². The van der Waals surface area contributed by atoms with E-state index in [-0.39, 0.29) is 17.0 Å². The SMILES string of the molecule is COc1ccc(N([C@H](C)C(=O)N[C@H](CC(C)C)c2ccccc2)S(C)(=O)=O)cc1Cl. The molecule has 2 aromatic rings. The molecule has 8 heteroatoms. The highest BCUT2D eigenvalue weighted by molar-refractivity contribution is 7.92. The van der Waals surface area contributed by atoms with Crippen molar-refractivity contribution in [2.45, 2.75) is 39.3 Å². The van der Waals surface area contributed by atoms with Gasteiger partial charge < -0.3 is 10.1 Å². The Morgan fingerprint density at radius 1 is 1.13 bits per heavy atom. The number of benzene rings is 2. The molecule has 2 atom stereocenters. The lowest BCUT2D eigenvalue weighted by Gasteiger charge is -2.30. The maximum absolute atomic E-state index is 13.1. The van der Waals surface area contributed by atoms with Crippen LogP contribution >= 0.6 is 11.6 Å². The summed E-state index contributed by atoms with van der Waals surface area (Å²) < 4.78 is 31.3. The summed E-state index contributed by atoms with van der Waals surface area (Å²) in [6, 6.07) is 13.1. The molecule has 0 fully saturated rings. The van der Waals surface area contributed by atoms with Gasteiger partial charge in [0.25, 0.3) is 0 Å². The van der Waals surface area contributed by atoms with Crippen molar-refractivity contribution in [2.24, 2.45) is 5.92 Å². The van der Waals surface area contributed by atoms with Crippen LogP contribution in [0.15, 0.2) is 48.5 Å². The number of rotatable bonds is 9. The Hall–Kier alpha value is -2.25. The van der Waals surface area contributed by atoms with Gasteiger partial charge in [-0.1, -0.05) is 55.8 Å². The van der Waals surface area contributed by atoms with E-state index in [0.717, 1.165) is 22.5 Å². The van der Waals surface area contributed by atoms with E-state index in [1.54, 1.807) is 19.1 Å². The number of anilines is 1. The predicted molar refractivity (Wildman–Crippen MR) is 122 cm³/mol. The fourth-order valence-corrected chi connectivity index (χ4v) is 4.75.